The molecular formula is C26H37N9. The van der Waals surface area contributed by atoms with E-state index in [9.17, 15) is 0 Å². The predicted molar refractivity (Wildman–Crippen MR) is 141 cm³/mol. The van der Waals surface area contributed by atoms with Crippen LogP contribution in [0.25, 0.3) is 22.2 Å². The summed E-state index contributed by atoms with van der Waals surface area (Å²) >= 11 is 0. The van der Waals surface area contributed by atoms with Gasteiger partial charge in [-0.15, -0.1) is 0 Å². The van der Waals surface area contributed by atoms with Gasteiger partial charge in [-0.05, 0) is 32.7 Å². The van der Waals surface area contributed by atoms with Gasteiger partial charge in [0.25, 0.3) is 0 Å². The summed E-state index contributed by atoms with van der Waals surface area (Å²) in [4.78, 5) is 31.5. The Morgan fingerprint density at radius 1 is 0.829 bits per heavy atom. The second kappa shape index (κ2) is 10.4. The van der Waals surface area contributed by atoms with Crippen molar-refractivity contribution < 1.29 is 0 Å². The first-order valence-corrected chi connectivity index (χ1v) is 13.0. The third-order valence-corrected chi connectivity index (χ3v) is 7.51. The lowest BCUT2D eigenvalue weighted by Crippen LogP contribution is -2.52. The van der Waals surface area contributed by atoms with Crippen LogP contribution in [-0.2, 0) is 12.8 Å². The first kappa shape index (κ1) is 23.8. The molecule has 0 bridgehead atoms. The van der Waals surface area contributed by atoms with Crippen LogP contribution in [0.2, 0.25) is 0 Å². The maximum atomic E-state index is 5.00. The van der Waals surface area contributed by atoms with Crippen LogP contribution in [0.4, 0.5) is 11.8 Å². The van der Waals surface area contributed by atoms with Crippen molar-refractivity contribution in [2.24, 2.45) is 0 Å². The van der Waals surface area contributed by atoms with Crippen molar-refractivity contribution in [1.82, 2.24) is 34.7 Å². The van der Waals surface area contributed by atoms with Gasteiger partial charge in [0.15, 0.2) is 5.82 Å². The van der Waals surface area contributed by atoms with Crippen molar-refractivity contribution in [3.63, 3.8) is 0 Å². The molecule has 0 unspecified atom stereocenters. The highest BCUT2D eigenvalue weighted by Crippen LogP contribution is 2.30. The molecule has 186 valence electrons. The summed E-state index contributed by atoms with van der Waals surface area (Å²) in [6.45, 7) is 11.0. The molecule has 3 aromatic rings. The van der Waals surface area contributed by atoms with E-state index >= 15 is 0 Å². The smallest absolute Gasteiger partial charge is 0.225 e. The van der Waals surface area contributed by atoms with Gasteiger partial charge in [0.1, 0.15) is 11.0 Å². The average Bonchev–Trinajstić information content (AvgIpc) is 2.92. The fourth-order valence-corrected chi connectivity index (χ4v) is 5.31. The maximum Gasteiger partial charge on any atom is 0.225 e. The van der Waals surface area contributed by atoms with Gasteiger partial charge in [0.05, 0.1) is 11.4 Å². The van der Waals surface area contributed by atoms with Crippen LogP contribution in [0.3, 0.4) is 0 Å². The molecule has 5 heterocycles. The lowest BCUT2D eigenvalue weighted by molar-refractivity contribution is 0.0980. The molecule has 2 aliphatic heterocycles. The van der Waals surface area contributed by atoms with Crippen LogP contribution in [0.15, 0.2) is 18.6 Å². The number of aromatic nitrogens is 5. The molecule has 5 rings (SSSR count). The molecule has 0 atom stereocenters. The number of piperidine rings is 1. The van der Waals surface area contributed by atoms with Gasteiger partial charge in [-0.2, -0.15) is 0 Å². The number of hydrogen-bond donors (Lipinski definition) is 1. The summed E-state index contributed by atoms with van der Waals surface area (Å²) in [7, 11) is 4.08. The van der Waals surface area contributed by atoms with E-state index in [4.69, 9.17) is 19.9 Å². The van der Waals surface area contributed by atoms with Gasteiger partial charge in [0, 0.05) is 82.1 Å². The fourth-order valence-electron chi connectivity index (χ4n) is 5.31. The van der Waals surface area contributed by atoms with Crippen LogP contribution >= 0.6 is 0 Å². The number of rotatable bonds is 6. The van der Waals surface area contributed by atoms with Gasteiger partial charge in [-0.1, -0.05) is 13.8 Å². The molecule has 2 saturated heterocycles. The Kier molecular flexibility index (Phi) is 7.06. The molecule has 3 aromatic heterocycles. The van der Waals surface area contributed by atoms with Gasteiger partial charge < -0.3 is 15.1 Å². The summed E-state index contributed by atoms with van der Waals surface area (Å²) in [5, 5.41) is 3.16. The highest BCUT2D eigenvalue weighted by Gasteiger charge is 2.27. The van der Waals surface area contributed by atoms with Gasteiger partial charge >= 0.3 is 0 Å². The van der Waals surface area contributed by atoms with E-state index in [1.807, 2.05) is 25.6 Å². The molecule has 35 heavy (non-hydrogen) atoms. The highest BCUT2D eigenvalue weighted by molar-refractivity contribution is 5.96. The van der Waals surface area contributed by atoms with Crippen molar-refractivity contribution in [2.75, 3.05) is 63.6 Å². The second-order valence-electron chi connectivity index (χ2n) is 9.62. The molecule has 0 amide bonds. The van der Waals surface area contributed by atoms with Gasteiger partial charge in [-0.3, -0.25) is 4.90 Å². The Labute approximate surface area is 208 Å². The van der Waals surface area contributed by atoms with Crippen LogP contribution in [0.1, 0.15) is 38.1 Å². The number of anilines is 2. The molecule has 2 aliphatic rings. The zero-order valence-electron chi connectivity index (χ0n) is 21.5. The summed E-state index contributed by atoms with van der Waals surface area (Å²) in [6.07, 6.45) is 9.71. The van der Waals surface area contributed by atoms with Crippen LogP contribution in [0, 0.1) is 0 Å². The number of fused-ring (bicyclic) bond motifs is 1. The lowest BCUT2D eigenvalue weighted by atomic mass is 10.0. The predicted octanol–water partition coefficient (Wildman–Crippen LogP) is 2.86. The molecule has 0 saturated carbocycles. The summed E-state index contributed by atoms with van der Waals surface area (Å²) in [5.41, 5.74) is 5.56. The molecule has 2 fully saturated rings. The minimum absolute atomic E-state index is 0.682. The Balaban J connectivity index is 1.35. The van der Waals surface area contributed by atoms with E-state index in [-0.39, 0.29) is 0 Å². The Morgan fingerprint density at radius 3 is 2.06 bits per heavy atom. The first-order valence-electron chi connectivity index (χ1n) is 13.0. The van der Waals surface area contributed by atoms with Crippen LogP contribution in [-0.4, -0.2) is 94.1 Å². The summed E-state index contributed by atoms with van der Waals surface area (Å²) < 4.78 is 0. The molecule has 0 radical (unpaired) electrons. The number of piperazine rings is 1. The van der Waals surface area contributed by atoms with E-state index in [0.29, 0.717) is 6.04 Å². The lowest BCUT2D eigenvalue weighted by Gasteiger charge is -2.42. The minimum Gasteiger partial charge on any atom is -0.371 e. The van der Waals surface area contributed by atoms with Crippen molar-refractivity contribution in [3.8, 4) is 11.1 Å². The quantitative estimate of drug-likeness (QED) is 0.578. The number of pyridine rings is 1. The largest absolute Gasteiger partial charge is 0.371 e. The van der Waals surface area contributed by atoms with Gasteiger partial charge in [0.2, 0.25) is 5.95 Å². The molecule has 0 spiro atoms. The Morgan fingerprint density at radius 2 is 1.46 bits per heavy atom. The molecule has 9 nitrogen and oxygen atoms in total. The normalized spacial score (nSPS) is 18.3. The summed E-state index contributed by atoms with van der Waals surface area (Å²) in [5.74, 6) is 1.55. The summed E-state index contributed by atoms with van der Waals surface area (Å²) in [6, 6.07) is 0.682. The highest BCUT2D eigenvalue weighted by atomic mass is 15.3. The SMILES string of the molecule is CCc1nc2c(-c3cnc(N4CCC(N5CCN(C)CC5)CC4)nc3)cnc(NC)c2nc1CC. The number of hydrogen-bond acceptors (Lipinski definition) is 9. The van der Waals surface area contributed by atoms with Crippen molar-refractivity contribution in [1.29, 1.82) is 0 Å². The number of nitrogens with one attached hydrogen (secondary N) is 1. The minimum atomic E-state index is 0.682. The standard InChI is InChI=1S/C26H37N9/c1-5-21-22(6-2)32-24-23(31-21)20(17-28-25(24)27-3)18-15-29-26(30-16-18)35-9-7-19(8-10-35)34-13-11-33(4)12-14-34/h15-17,19H,5-14H2,1-4H3,(H,27,28). The van der Waals surface area contributed by atoms with E-state index in [0.717, 1.165) is 71.2 Å². The van der Waals surface area contributed by atoms with E-state index in [2.05, 4.69) is 45.9 Å². The first-order chi connectivity index (χ1) is 17.1. The van der Waals surface area contributed by atoms with E-state index in [1.54, 1.807) is 0 Å². The monoisotopic (exact) mass is 475 g/mol. The van der Waals surface area contributed by atoms with Crippen LogP contribution < -0.4 is 10.2 Å². The Bertz CT molecular complexity index is 1150. The third-order valence-electron chi connectivity index (χ3n) is 7.51. The maximum absolute atomic E-state index is 5.00. The number of nitrogens with zero attached hydrogens (tertiary/aromatic N) is 8. The second-order valence-corrected chi connectivity index (χ2v) is 9.62. The van der Waals surface area contributed by atoms with Gasteiger partial charge in [-0.25, -0.2) is 24.9 Å². The topological polar surface area (TPSA) is 86.2 Å². The molecule has 0 aromatic carbocycles. The van der Waals surface area contributed by atoms with Crippen LogP contribution in [0.5, 0.6) is 0 Å². The molecular weight excluding hydrogens is 438 g/mol. The fraction of sp³-hybridized carbons (Fsp3) is 0.577. The van der Waals surface area contributed by atoms with Crippen molar-refractivity contribution in [2.45, 2.75) is 45.6 Å². The number of likely N-dealkylation sites (N-methyl/N-ethyl adjacent to an activating group) is 1. The zero-order chi connectivity index (χ0) is 24.4. The zero-order valence-corrected chi connectivity index (χ0v) is 21.5. The third kappa shape index (κ3) is 4.79. The molecule has 0 aliphatic carbocycles. The van der Waals surface area contributed by atoms with Crippen molar-refractivity contribution in [3.05, 3.63) is 30.0 Å². The van der Waals surface area contributed by atoms with E-state index < -0.39 is 0 Å². The average molecular weight is 476 g/mol. The Hall–Kier alpha value is -2.91. The molecule has 1 N–H and O–H groups in total. The molecule has 9 heteroatoms. The van der Waals surface area contributed by atoms with Crippen molar-refractivity contribution >= 4 is 22.8 Å². The number of aryl methyl sites for hydroxylation is 2. The van der Waals surface area contributed by atoms with E-state index in [1.165, 1.54) is 39.0 Å².